The Kier molecular flexibility index (Phi) is 4.42. The molecule has 0 fully saturated rings. The molecule has 1 rings (SSSR count). The molecule has 1 aromatic heterocycles. The van der Waals surface area contributed by atoms with Crippen molar-refractivity contribution in [3.8, 4) is 0 Å². The Balaban J connectivity index is 2.31. The Morgan fingerprint density at radius 2 is 2.46 bits per heavy atom. The van der Waals surface area contributed by atoms with Crippen molar-refractivity contribution in [2.45, 2.75) is 20.0 Å². The first-order valence-corrected chi connectivity index (χ1v) is 4.47. The van der Waals surface area contributed by atoms with Crippen molar-refractivity contribution in [2.75, 3.05) is 20.3 Å². The van der Waals surface area contributed by atoms with Crippen LogP contribution >= 0.6 is 0 Å². The zero-order valence-corrected chi connectivity index (χ0v) is 8.16. The minimum atomic E-state index is 0.693. The Hall–Kier alpha value is -0.940. The predicted octanol–water partition coefficient (Wildman–Crippen LogP) is 0.0340. The molecule has 0 bridgehead atoms. The van der Waals surface area contributed by atoms with Crippen LogP contribution in [0.15, 0.2) is 6.33 Å². The van der Waals surface area contributed by atoms with E-state index in [4.69, 9.17) is 4.74 Å². The molecule has 0 spiro atoms. The molecule has 74 valence electrons. The van der Waals surface area contributed by atoms with Gasteiger partial charge in [0, 0.05) is 6.61 Å². The standard InChI is InChI=1S/C8H16N4O/c1-3-13-5-4-12-7-10-8(11-12)6-9-2/h7,9H,3-6H2,1-2H3. The summed E-state index contributed by atoms with van der Waals surface area (Å²) in [6.45, 7) is 4.90. The van der Waals surface area contributed by atoms with Gasteiger partial charge in [0.2, 0.25) is 0 Å². The summed E-state index contributed by atoms with van der Waals surface area (Å²) >= 11 is 0. The highest BCUT2D eigenvalue weighted by atomic mass is 16.5. The van der Waals surface area contributed by atoms with Crippen molar-refractivity contribution in [1.29, 1.82) is 0 Å². The van der Waals surface area contributed by atoms with E-state index in [1.54, 1.807) is 11.0 Å². The van der Waals surface area contributed by atoms with Gasteiger partial charge in [-0.25, -0.2) is 4.98 Å². The summed E-state index contributed by atoms with van der Waals surface area (Å²) < 4.78 is 7.00. The van der Waals surface area contributed by atoms with E-state index in [1.807, 2.05) is 14.0 Å². The van der Waals surface area contributed by atoms with Gasteiger partial charge >= 0.3 is 0 Å². The second-order valence-electron chi connectivity index (χ2n) is 2.65. The van der Waals surface area contributed by atoms with E-state index in [0.717, 1.165) is 19.0 Å². The lowest BCUT2D eigenvalue weighted by atomic mass is 10.6. The third kappa shape index (κ3) is 3.52. The quantitative estimate of drug-likeness (QED) is 0.634. The summed E-state index contributed by atoms with van der Waals surface area (Å²) in [7, 11) is 1.88. The van der Waals surface area contributed by atoms with E-state index in [2.05, 4.69) is 15.4 Å². The summed E-state index contributed by atoms with van der Waals surface area (Å²) in [5, 5.41) is 7.23. The van der Waals surface area contributed by atoms with E-state index in [1.165, 1.54) is 0 Å². The topological polar surface area (TPSA) is 52.0 Å². The monoisotopic (exact) mass is 184 g/mol. The number of nitrogens with zero attached hydrogens (tertiary/aromatic N) is 3. The molecule has 0 saturated carbocycles. The minimum absolute atomic E-state index is 0.693. The predicted molar refractivity (Wildman–Crippen MR) is 49.3 cm³/mol. The molecule has 0 amide bonds. The highest BCUT2D eigenvalue weighted by Crippen LogP contribution is 1.89. The number of rotatable bonds is 6. The lowest BCUT2D eigenvalue weighted by Crippen LogP contribution is -2.09. The van der Waals surface area contributed by atoms with Crippen molar-refractivity contribution in [3.05, 3.63) is 12.2 Å². The summed E-state index contributed by atoms with van der Waals surface area (Å²) in [4.78, 5) is 4.12. The highest BCUT2D eigenvalue weighted by molar-refractivity contribution is 4.79. The Labute approximate surface area is 78.1 Å². The van der Waals surface area contributed by atoms with Crippen LogP contribution < -0.4 is 5.32 Å². The highest BCUT2D eigenvalue weighted by Gasteiger charge is 1.98. The molecule has 0 unspecified atom stereocenters. The van der Waals surface area contributed by atoms with Gasteiger partial charge in [-0.05, 0) is 14.0 Å². The first-order valence-electron chi connectivity index (χ1n) is 4.47. The van der Waals surface area contributed by atoms with Crippen molar-refractivity contribution in [1.82, 2.24) is 20.1 Å². The van der Waals surface area contributed by atoms with Crippen LogP contribution in [0.25, 0.3) is 0 Å². The SMILES string of the molecule is CCOCCn1cnc(CNC)n1. The maximum Gasteiger partial charge on any atom is 0.164 e. The van der Waals surface area contributed by atoms with Gasteiger partial charge in [0.05, 0.1) is 19.7 Å². The summed E-state index contributed by atoms with van der Waals surface area (Å²) in [6, 6.07) is 0. The van der Waals surface area contributed by atoms with Gasteiger partial charge in [-0.15, -0.1) is 0 Å². The van der Waals surface area contributed by atoms with E-state index in [-0.39, 0.29) is 0 Å². The minimum Gasteiger partial charge on any atom is -0.380 e. The second kappa shape index (κ2) is 5.66. The summed E-state index contributed by atoms with van der Waals surface area (Å²) in [6.07, 6.45) is 1.73. The lowest BCUT2D eigenvalue weighted by Gasteiger charge is -1.99. The van der Waals surface area contributed by atoms with Crippen LogP contribution in [0.5, 0.6) is 0 Å². The molecule has 0 atom stereocenters. The fraction of sp³-hybridized carbons (Fsp3) is 0.750. The number of ether oxygens (including phenoxy) is 1. The molecule has 0 saturated heterocycles. The van der Waals surface area contributed by atoms with Crippen LogP contribution in [0.1, 0.15) is 12.7 Å². The van der Waals surface area contributed by atoms with E-state index >= 15 is 0 Å². The van der Waals surface area contributed by atoms with Crippen LogP contribution in [0.4, 0.5) is 0 Å². The van der Waals surface area contributed by atoms with Gasteiger partial charge in [-0.2, -0.15) is 5.10 Å². The average molecular weight is 184 g/mol. The van der Waals surface area contributed by atoms with Gasteiger partial charge in [0.25, 0.3) is 0 Å². The molecule has 0 aliphatic carbocycles. The smallest absolute Gasteiger partial charge is 0.164 e. The van der Waals surface area contributed by atoms with Crippen LogP contribution in [-0.2, 0) is 17.8 Å². The molecule has 0 aliphatic rings. The number of hydrogen-bond acceptors (Lipinski definition) is 4. The Morgan fingerprint density at radius 1 is 1.62 bits per heavy atom. The first kappa shape index (κ1) is 10.1. The van der Waals surface area contributed by atoms with Crippen molar-refractivity contribution in [3.63, 3.8) is 0 Å². The molecule has 0 aromatic carbocycles. The van der Waals surface area contributed by atoms with Crippen molar-refractivity contribution >= 4 is 0 Å². The molecule has 0 aliphatic heterocycles. The van der Waals surface area contributed by atoms with Gasteiger partial charge in [-0.3, -0.25) is 4.68 Å². The van der Waals surface area contributed by atoms with Crippen LogP contribution in [0, 0.1) is 0 Å². The third-order valence-corrected chi connectivity index (χ3v) is 1.59. The third-order valence-electron chi connectivity index (χ3n) is 1.59. The molecular formula is C8H16N4O. The van der Waals surface area contributed by atoms with Crippen molar-refractivity contribution in [2.24, 2.45) is 0 Å². The fourth-order valence-corrected chi connectivity index (χ4v) is 0.982. The number of nitrogens with one attached hydrogen (secondary N) is 1. The molecule has 13 heavy (non-hydrogen) atoms. The largest absolute Gasteiger partial charge is 0.380 e. The van der Waals surface area contributed by atoms with Crippen LogP contribution in [-0.4, -0.2) is 35.0 Å². The van der Waals surface area contributed by atoms with Crippen LogP contribution in [0.3, 0.4) is 0 Å². The van der Waals surface area contributed by atoms with E-state index < -0.39 is 0 Å². The Morgan fingerprint density at radius 3 is 3.15 bits per heavy atom. The van der Waals surface area contributed by atoms with Gasteiger partial charge in [0.15, 0.2) is 5.82 Å². The van der Waals surface area contributed by atoms with Crippen molar-refractivity contribution < 1.29 is 4.74 Å². The average Bonchev–Trinajstić information content (AvgIpc) is 2.54. The molecule has 1 heterocycles. The molecule has 0 radical (unpaired) electrons. The number of hydrogen-bond donors (Lipinski definition) is 1. The zero-order valence-electron chi connectivity index (χ0n) is 8.16. The molecule has 1 aromatic rings. The van der Waals surface area contributed by atoms with E-state index in [0.29, 0.717) is 13.2 Å². The molecule has 1 N–H and O–H groups in total. The summed E-state index contributed by atoms with van der Waals surface area (Å²) in [5.74, 6) is 0.819. The van der Waals surface area contributed by atoms with Gasteiger partial charge in [-0.1, -0.05) is 0 Å². The zero-order chi connectivity index (χ0) is 9.52. The fourth-order valence-electron chi connectivity index (χ4n) is 0.982. The molecule has 5 nitrogen and oxygen atoms in total. The van der Waals surface area contributed by atoms with Gasteiger partial charge in [0.1, 0.15) is 6.33 Å². The lowest BCUT2D eigenvalue weighted by molar-refractivity contribution is 0.136. The first-order chi connectivity index (χ1) is 6.36. The van der Waals surface area contributed by atoms with Gasteiger partial charge < -0.3 is 10.1 Å². The Bertz CT molecular complexity index is 236. The maximum atomic E-state index is 5.20. The molecular weight excluding hydrogens is 168 g/mol. The maximum absolute atomic E-state index is 5.20. The van der Waals surface area contributed by atoms with Crippen LogP contribution in [0.2, 0.25) is 0 Å². The second-order valence-corrected chi connectivity index (χ2v) is 2.65. The molecule has 5 heteroatoms. The van der Waals surface area contributed by atoms with E-state index in [9.17, 15) is 0 Å². The number of aromatic nitrogens is 3. The summed E-state index contributed by atoms with van der Waals surface area (Å²) in [5.41, 5.74) is 0. The normalized spacial score (nSPS) is 10.6.